The quantitative estimate of drug-likeness (QED) is 0.881. The van der Waals surface area contributed by atoms with Gasteiger partial charge < -0.3 is 10.6 Å². The van der Waals surface area contributed by atoms with Crippen LogP contribution < -0.4 is 10.6 Å². The van der Waals surface area contributed by atoms with Crippen LogP contribution in [0.2, 0.25) is 5.02 Å². The maximum atomic E-state index is 13.2. The number of halogens is 4. The molecule has 1 atom stereocenters. The van der Waals surface area contributed by atoms with E-state index in [1.165, 1.54) is 18.2 Å². The van der Waals surface area contributed by atoms with Gasteiger partial charge in [-0.1, -0.05) is 11.6 Å². The Kier molecular flexibility index (Phi) is 4.12. The van der Waals surface area contributed by atoms with Crippen LogP contribution in [-0.2, 0) is 4.79 Å². The van der Waals surface area contributed by atoms with Gasteiger partial charge in [0.25, 0.3) is 0 Å². The van der Waals surface area contributed by atoms with Crippen molar-refractivity contribution in [3.63, 3.8) is 0 Å². The molecule has 1 fully saturated rings. The fourth-order valence-corrected chi connectivity index (χ4v) is 2.36. The van der Waals surface area contributed by atoms with Gasteiger partial charge in [-0.25, -0.2) is 0 Å². The zero-order valence-corrected chi connectivity index (χ0v) is 11.5. The topological polar surface area (TPSA) is 64.9 Å². The molecule has 0 saturated carbocycles. The summed E-state index contributed by atoms with van der Waals surface area (Å²) in [6.45, 7) is -0.335. The molecule has 1 saturated heterocycles. The lowest BCUT2D eigenvalue weighted by Crippen LogP contribution is -2.49. The van der Waals surface area contributed by atoms with Crippen LogP contribution in [-0.4, -0.2) is 25.2 Å². The number of hydrogen-bond donors (Lipinski definition) is 2. The summed E-state index contributed by atoms with van der Waals surface area (Å²) in [5.74, 6) is -1.13. The fraction of sp³-hybridized carbons (Fsp3) is 0.385. The van der Waals surface area contributed by atoms with Crippen molar-refractivity contribution >= 4 is 23.2 Å². The molecule has 0 aromatic heterocycles. The summed E-state index contributed by atoms with van der Waals surface area (Å²) < 4.78 is 39.6. The highest BCUT2D eigenvalue weighted by Gasteiger charge is 2.61. The highest BCUT2D eigenvalue weighted by molar-refractivity contribution is 6.31. The number of amides is 1. The molecule has 1 aromatic carbocycles. The number of alkyl halides is 3. The van der Waals surface area contributed by atoms with Crippen molar-refractivity contribution < 1.29 is 18.0 Å². The summed E-state index contributed by atoms with van der Waals surface area (Å²) in [4.78, 5) is 12.1. The smallest absolute Gasteiger partial charge is 0.325 e. The lowest BCUT2D eigenvalue weighted by Gasteiger charge is -2.29. The molecule has 1 aliphatic heterocycles. The molecule has 2 N–H and O–H groups in total. The van der Waals surface area contributed by atoms with E-state index in [1.54, 1.807) is 6.07 Å². The van der Waals surface area contributed by atoms with Gasteiger partial charge in [0.2, 0.25) is 5.91 Å². The highest BCUT2D eigenvalue weighted by Crippen LogP contribution is 2.43. The second-order valence-corrected chi connectivity index (χ2v) is 5.17. The van der Waals surface area contributed by atoms with Gasteiger partial charge in [-0.3, -0.25) is 4.79 Å². The van der Waals surface area contributed by atoms with E-state index in [4.69, 9.17) is 16.9 Å². The molecular formula is C13H11ClF3N3O. The predicted octanol–water partition coefficient (Wildman–Crippen LogP) is 2.69. The Morgan fingerprint density at radius 1 is 1.48 bits per heavy atom. The van der Waals surface area contributed by atoms with Crippen LogP contribution in [0.3, 0.4) is 0 Å². The fourth-order valence-electron chi connectivity index (χ4n) is 2.20. The number of hydrogen-bond acceptors (Lipinski definition) is 3. The average molecular weight is 318 g/mol. The molecule has 1 unspecified atom stereocenters. The minimum Gasteiger partial charge on any atom is -0.325 e. The number of nitrogens with one attached hydrogen (secondary N) is 2. The molecule has 112 valence electrons. The van der Waals surface area contributed by atoms with Gasteiger partial charge in [0.15, 0.2) is 5.41 Å². The van der Waals surface area contributed by atoms with E-state index in [9.17, 15) is 18.0 Å². The molecule has 1 aromatic rings. The van der Waals surface area contributed by atoms with Gasteiger partial charge in [0.1, 0.15) is 6.07 Å². The normalized spacial score (nSPS) is 21.9. The first-order valence-electron chi connectivity index (χ1n) is 6.09. The Morgan fingerprint density at radius 3 is 2.71 bits per heavy atom. The minimum atomic E-state index is -4.65. The van der Waals surface area contributed by atoms with Crippen molar-refractivity contribution in [3.8, 4) is 6.07 Å². The third-order valence-electron chi connectivity index (χ3n) is 3.48. The van der Waals surface area contributed by atoms with Crippen molar-refractivity contribution in [1.82, 2.24) is 5.32 Å². The molecule has 2 rings (SSSR count). The maximum absolute atomic E-state index is 13.2. The molecule has 0 radical (unpaired) electrons. The number of anilines is 1. The molecule has 0 aliphatic carbocycles. The first kappa shape index (κ1) is 15.6. The lowest BCUT2D eigenvalue weighted by atomic mass is 9.85. The summed E-state index contributed by atoms with van der Waals surface area (Å²) in [7, 11) is 0. The van der Waals surface area contributed by atoms with Gasteiger partial charge in [-0.05, 0) is 31.2 Å². The van der Waals surface area contributed by atoms with E-state index in [2.05, 4.69) is 10.6 Å². The number of nitriles is 1. The van der Waals surface area contributed by atoms with E-state index >= 15 is 0 Å². The van der Waals surface area contributed by atoms with Gasteiger partial charge in [-0.2, -0.15) is 18.4 Å². The second-order valence-electron chi connectivity index (χ2n) is 4.77. The molecular weight excluding hydrogens is 307 g/mol. The predicted molar refractivity (Wildman–Crippen MR) is 70.8 cm³/mol. The van der Waals surface area contributed by atoms with Crippen LogP contribution in [0.5, 0.6) is 0 Å². The number of nitrogens with zero attached hydrogens (tertiary/aromatic N) is 1. The first-order valence-corrected chi connectivity index (χ1v) is 6.46. The van der Waals surface area contributed by atoms with Crippen LogP contribution in [0, 0.1) is 16.7 Å². The Morgan fingerprint density at radius 2 is 2.19 bits per heavy atom. The number of benzene rings is 1. The largest absolute Gasteiger partial charge is 0.404 e. The summed E-state index contributed by atoms with van der Waals surface area (Å²) in [5.41, 5.74) is -2.25. The van der Waals surface area contributed by atoms with Crippen molar-refractivity contribution in [2.75, 3.05) is 18.4 Å². The van der Waals surface area contributed by atoms with E-state index in [1.807, 2.05) is 0 Å². The first-order chi connectivity index (χ1) is 9.80. The molecule has 1 amide bonds. The Balaban J connectivity index is 2.27. The van der Waals surface area contributed by atoms with E-state index in [-0.39, 0.29) is 29.2 Å². The average Bonchev–Trinajstić information content (AvgIpc) is 2.91. The monoisotopic (exact) mass is 317 g/mol. The molecule has 1 heterocycles. The van der Waals surface area contributed by atoms with E-state index < -0.39 is 24.0 Å². The molecule has 4 nitrogen and oxygen atoms in total. The maximum Gasteiger partial charge on any atom is 0.404 e. The lowest BCUT2D eigenvalue weighted by molar-refractivity contribution is -0.213. The SMILES string of the molecule is N#Cc1cc(NC(=O)C2(C(F)(F)F)CCNC2)ccc1Cl. The number of rotatable bonds is 2. The number of carbonyl (C=O) groups is 1. The zero-order chi connectivity index (χ0) is 15.7. The van der Waals surface area contributed by atoms with Crippen LogP contribution >= 0.6 is 11.6 Å². The van der Waals surface area contributed by atoms with Crippen LogP contribution in [0.4, 0.5) is 18.9 Å². The molecule has 21 heavy (non-hydrogen) atoms. The Labute approximate surface area is 123 Å². The van der Waals surface area contributed by atoms with Crippen LogP contribution in [0.15, 0.2) is 18.2 Å². The highest BCUT2D eigenvalue weighted by atomic mass is 35.5. The third-order valence-corrected chi connectivity index (χ3v) is 3.81. The van der Waals surface area contributed by atoms with Crippen molar-refractivity contribution in [2.24, 2.45) is 5.41 Å². The molecule has 1 aliphatic rings. The van der Waals surface area contributed by atoms with E-state index in [0.29, 0.717) is 0 Å². The summed E-state index contributed by atoms with van der Waals surface area (Å²) in [6.07, 6.45) is -4.97. The summed E-state index contributed by atoms with van der Waals surface area (Å²) >= 11 is 5.73. The van der Waals surface area contributed by atoms with Crippen molar-refractivity contribution in [1.29, 1.82) is 5.26 Å². The zero-order valence-electron chi connectivity index (χ0n) is 10.7. The Bertz CT molecular complexity index is 604. The van der Waals surface area contributed by atoms with Gasteiger partial charge in [-0.15, -0.1) is 0 Å². The molecule has 8 heteroatoms. The van der Waals surface area contributed by atoms with Crippen molar-refractivity contribution in [3.05, 3.63) is 28.8 Å². The van der Waals surface area contributed by atoms with Gasteiger partial charge in [0, 0.05) is 12.2 Å². The summed E-state index contributed by atoms with van der Waals surface area (Å²) in [5, 5.41) is 13.8. The molecule has 0 spiro atoms. The van der Waals surface area contributed by atoms with E-state index in [0.717, 1.165) is 0 Å². The minimum absolute atomic E-state index is 0.0834. The second kappa shape index (κ2) is 5.54. The van der Waals surface area contributed by atoms with Crippen molar-refractivity contribution in [2.45, 2.75) is 12.6 Å². The summed E-state index contributed by atoms with van der Waals surface area (Å²) in [6, 6.07) is 5.75. The van der Waals surface area contributed by atoms with Gasteiger partial charge >= 0.3 is 6.18 Å². The number of carbonyl (C=O) groups excluding carboxylic acids is 1. The van der Waals surface area contributed by atoms with Gasteiger partial charge in [0.05, 0.1) is 10.6 Å². The molecule has 0 bridgehead atoms. The standard InChI is InChI=1S/C13H11ClF3N3O/c14-10-2-1-9(5-8(10)6-18)20-11(21)12(13(15,16)17)3-4-19-7-12/h1-2,5,19H,3-4,7H2,(H,20,21). The Hall–Kier alpha value is -1.78. The van der Waals surface area contributed by atoms with Crippen LogP contribution in [0.25, 0.3) is 0 Å². The third kappa shape index (κ3) is 2.82. The van der Waals surface area contributed by atoms with Crippen LogP contribution in [0.1, 0.15) is 12.0 Å².